The zero-order valence-corrected chi connectivity index (χ0v) is 7.40. The van der Waals surface area contributed by atoms with Gasteiger partial charge in [0.1, 0.15) is 5.52 Å². The van der Waals surface area contributed by atoms with E-state index in [1.807, 2.05) is 0 Å². The molecule has 0 radical (unpaired) electrons. The Kier molecular flexibility index (Phi) is 1.96. The SMILES string of the molecule is O=c1c(Cl)n[nH]c2c(F)c(F)ccc12. The number of aromatic amines is 1. The van der Waals surface area contributed by atoms with Gasteiger partial charge < -0.3 is 0 Å². The molecule has 0 fully saturated rings. The van der Waals surface area contributed by atoms with Crippen LogP contribution in [0.3, 0.4) is 0 Å². The molecule has 6 heteroatoms. The van der Waals surface area contributed by atoms with Gasteiger partial charge in [0.15, 0.2) is 16.8 Å². The van der Waals surface area contributed by atoms with Crippen LogP contribution in [-0.4, -0.2) is 10.2 Å². The highest BCUT2D eigenvalue weighted by atomic mass is 35.5. The van der Waals surface area contributed by atoms with Crippen molar-refractivity contribution in [3.8, 4) is 0 Å². The van der Waals surface area contributed by atoms with Gasteiger partial charge in [-0.25, -0.2) is 8.78 Å². The Balaban J connectivity index is 3.02. The topological polar surface area (TPSA) is 45.8 Å². The molecule has 0 saturated heterocycles. The first kappa shape index (κ1) is 9.08. The van der Waals surface area contributed by atoms with Crippen LogP contribution >= 0.6 is 11.6 Å². The molecule has 0 amide bonds. The van der Waals surface area contributed by atoms with Crippen molar-refractivity contribution in [1.29, 1.82) is 0 Å². The molecular weight excluding hydrogens is 214 g/mol. The highest BCUT2D eigenvalue weighted by Crippen LogP contribution is 2.15. The molecule has 1 heterocycles. The molecule has 14 heavy (non-hydrogen) atoms. The van der Waals surface area contributed by atoms with Crippen molar-refractivity contribution in [2.24, 2.45) is 0 Å². The van der Waals surface area contributed by atoms with E-state index in [1.54, 1.807) is 0 Å². The van der Waals surface area contributed by atoms with Crippen LogP contribution in [0.4, 0.5) is 8.78 Å². The highest BCUT2D eigenvalue weighted by Gasteiger charge is 2.11. The first-order chi connectivity index (χ1) is 6.61. The molecule has 0 aliphatic carbocycles. The lowest BCUT2D eigenvalue weighted by Crippen LogP contribution is -2.08. The van der Waals surface area contributed by atoms with Gasteiger partial charge in [-0.15, -0.1) is 0 Å². The average Bonchev–Trinajstić information content (AvgIpc) is 2.17. The second kappa shape index (κ2) is 3.02. The quantitative estimate of drug-likeness (QED) is 0.731. The summed E-state index contributed by atoms with van der Waals surface area (Å²) in [4.78, 5) is 11.3. The second-order valence-corrected chi connectivity index (χ2v) is 2.99. The van der Waals surface area contributed by atoms with Gasteiger partial charge >= 0.3 is 0 Å². The minimum Gasteiger partial charge on any atom is -0.286 e. The highest BCUT2D eigenvalue weighted by molar-refractivity contribution is 6.29. The molecule has 72 valence electrons. The van der Waals surface area contributed by atoms with Gasteiger partial charge in [-0.3, -0.25) is 9.89 Å². The van der Waals surface area contributed by atoms with E-state index in [0.717, 1.165) is 12.1 Å². The van der Waals surface area contributed by atoms with Gasteiger partial charge in [0.25, 0.3) is 0 Å². The first-order valence-corrected chi connectivity index (χ1v) is 4.01. The van der Waals surface area contributed by atoms with Crippen LogP contribution in [0.2, 0.25) is 5.15 Å². The zero-order valence-electron chi connectivity index (χ0n) is 6.64. The van der Waals surface area contributed by atoms with Gasteiger partial charge in [-0.2, -0.15) is 5.10 Å². The average molecular weight is 217 g/mol. The van der Waals surface area contributed by atoms with Crippen LogP contribution in [0.1, 0.15) is 0 Å². The Bertz CT molecular complexity index is 567. The number of aromatic nitrogens is 2. The summed E-state index contributed by atoms with van der Waals surface area (Å²) in [5.74, 6) is -2.18. The van der Waals surface area contributed by atoms with E-state index in [0.29, 0.717) is 0 Å². The minimum atomic E-state index is -1.14. The number of nitrogens with one attached hydrogen (secondary N) is 1. The number of nitrogens with zero attached hydrogens (tertiary/aromatic N) is 1. The van der Waals surface area contributed by atoms with Gasteiger partial charge in [0, 0.05) is 0 Å². The molecule has 3 nitrogen and oxygen atoms in total. The lowest BCUT2D eigenvalue weighted by Gasteiger charge is -1.99. The molecule has 0 aliphatic heterocycles. The third-order valence-electron chi connectivity index (χ3n) is 1.79. The maximum atomic E-state index is 13.1. The monoisotopic (exact) mass is 216 g/mol. The fraction of sp³-hybridized carbons (Fsp3) is 0. The number of halogens is 3. The number of fused-ring (bicyclic) bond motifs is 1. The Hall–Kier alpha value is -1.49. The maximum absolute atomic E-state index is 13.1. The van der Waals surface area contributed by atoms with Crippen LogP contribution in [0.15, 0.2) is 16.9 Å². The largest absolute Gasteiger partial charge is 0.286 e. The summed E-state index contributed by atoms with van der Waals surface area (Å²) in [6.07, 6.45) is 0. The Morgan fingerprint density at radius 1 is 1.36 bits per heavy atom. The summed E-state index contributed by atoms with van der Waals surface area (Å²) in [6.45, 7) is 0. The van der Waals surface area contributed by atoms with Crippen molar-refractivity contribution in [3.63, 3.8) is 0 Å². The van der Waals surface area contributed by atoms with Crippen molar-refractivity contribution >= 4 is 22.5 Å². The summed E-state index contributed by atoms with van der Waals surface area (Å²) in [5, 5.41) is 5.18. The summed E-state index contributed by atoms with van der Waals surface area (Å²) in [6, 6.07) is 2.02. The molecule has 2 aromatic rings. The van der Waals surface area contributed by atoms with Gasteiger partial charge in [-0.05, 0) is 12.1 Å². The molecule has 1 N–H and O–H groups in total. The third-order valence-corrected chi connectivity index (χ3v) is 2.05. The fourth-order valence-corrected chi connectivity index (χ4v) is 1.26. The lowest BCUT2D eigenvalue weighted by atomic mass is 10.2. The van der Waals surface area contributed by atoms with Crippen LogP contribution in [-0.2, 0) is 0 Å². The predicted octanol–water partition coefficient (Wildman–Crippen LogP) is 1.85. The van der Waals surface area contributed by atoms with Gasteiger partial charge in [0.2, 0.25) is 5.43 Å². The number of rotatable bonds is 0. The molecule has 0 saturated carbocycles. The molecular formula is C8H3ClF2N2O. The van der Waals surface area contributed by atoms with Crippen LogP contribution < -0.4 is 5.43 Å². The molecule has 1 aromatic carbocycles. The number of H-pyrrole nitrogens is 1. The van der Waals surface area contributed by atoms with Crippen molar-refractivity contribution in [1.82, 2.24) is 10.2 Å². The predicted molar refractivity (Wildman–Crippen MR) is 47.3 cm³/mol. The number of hydrogen-bond donors (Lipinski definition) is 1. The smallest absolute Gasteiger partial charge is 0.227 e. The van der Waals surface area contributed by atoms with Crippen molar-refractivity contribution in [2.45, 2.75) is 0 Å². The molecule has 0 spiro atoms. The summed E-state index contributed by atoms with van der Waals surface area (Å²) < 4.78 is 25.8. The normalized spacial score (nSPS) is 10.8. The summed E-state index contributed by atoms with van der Waals surface area (Å²) in [5.41, 5.74) is -0.904. The van der Waals surface area contributed by atoms with Gasteiger partial charge in [0.05, 0.1) is 5.39 Å². The lowest BCUT2D eigenvalue weighted by molar-refractivity contribution is 0.514. The summed E-state index contributed by atoms with van der Waals surface area (Å²) in [7, 11) is 0. The van der Waals surface area contributed by atoms with Gasteiger partial charge in [-0.1, -0.05) is 11.6 Å². The fourth-order valence-electron chi connectivity index (χ4n) is 1.12. The van der Waals surface area contributed by atoms with Crippen molar-refractivity contribution in [2.75, 3.05) is 0 Å². The van der Waals surface area contributed by atoms with Crippen LogP contribution in [0.25, 0.3) is 10.9 Å². The van der Waals surface area contributed by atoms with E-state index >= 15 is 0 Å². The van der Waals surface area contributed by atoms with Crippen molar-refractivity contribution < 1.29 is 8.78 Å². The zero-order chi connectivity index (χ0) is 10.3. The molecule has 2 rings (SSSR count). The summed E-state index contributed by atoms with van der Waals surface area (Å²) >= 11 is 5.41. The van der Waals surface area contributed by atoms with Crippen LogP contribution in [0, 0.1) is 11.6 Å². The third kappa shape index (κ3) is 1.17. The maximum Gasteiger partial charge on any atom is 0.227 e. The molecule has 0 atom stereocenters. The van der Waals surface area contributed by atoms with E-state index in [1.165, 1.54) is 0 Å². The molecule has 0 aliphatic rings. The Morgan fingerprint density at radius 2 is 2.07 bits per heavy atom. The Morgan fingerprint density at radius 3 is 2.79 bits per heavy atom. The van der Waals surface area contributed by atoms with Crippen molar-refractivity contribution in [3.05, 3.63) is 39.1 Å². The standard InChI is InChI=1S/C8H3ClF2N2O/c9-8-7(14)3-1-2-4(10)5(11)6(3)12-13-8/h1-2H,(H,12,14). The van der Waals surface area contributed by atoms with E-state index in [9.17, 15) is 13.6 Å². The number of hydrogen-bond acceptors (Lipinski definition) is 2. The van der Waals surface area contributed by atoms with E-state index < -0.39 is 17.1 Å². The molecule has 1 aromatic heterocycles. The van der Waals surface area contributed by atoms with Crippen LogP contribution in [0.5, 0.6) is 0 Å². The second-order valence-electron chi connectivity index (χ2n) is 2.63. The first-order valence-electron chi connectivity index (χ1n) is 3.63. The van der Waals surface area contributed by atoms with E-state index in [2.05, 4.69) is 10.2 Å². The molecule has 0 unspecified atom stereocenters. The van der Waals surface area contributed by atoms with E-state index in [4.69, 9.17) is 11.6 Å². The van der Waals surface area contributed by atoms with E-state index in [-0.39, 0.29) is 16.1 Å². The molecule has 0 bridgehead atoms. The minimum absolute atomic E-state index is 0.0242. The Labute approximate surface area is 81.3 Å². The number of benzene rings is 1.